The Morgan fingerprint density at radius 3 is 2.30 bits per heavy atom. The third-order valence-corrected chi connectivity index (χ3v) is 6.63. The number of ether oxygens (including phenoxy) is 4. The summed E-state index contributed by atoms with van der Waals surface area (Å²) in [5.41, 5.74) is 6.34. The second kappa shape index (κ2) is 16.5. The number of aromatic nitrogens is 2. The first kappa shape index (κ1) is 38.8. The van der Waals surface area contributed by atoms with E-state index in [1.807, 2.05) is 13.8 Å². The summed E-state index contributed by atoms with van der Waals surface area (Å²) < 4.78 is 23.1. The number of carbonyl (C=O) groups excluding carboxylic acids is 4. The summed E-state index contributed by atoms with van der Waals surface area (Å²) >= 11 is 0. The van der Waals surface area contributed by atoms with Gasteiger partial charge in [-0.2, -0.15) is 0 Å². The Hall–Kier alpha value is -4.37. The number of aryl methyl sites for hydroxylation is 1. The van der Waals surface area contributed by atoms with Crippen LogP contribution in [0.3, 0.4) is 0 Å². The van der Waals surface area contributed by atoms with Crippen LogP contribution in [0, 0.1) is 12.8 Å². The van der Waals surface area contributed by atoms with Crippen LogP contribution in [0.15, 0.2) is 20.9 Å². The van der Waals surface area contributed by atoms with Crippen molar-refractivity contribution in [2.75, 3.05) is 6.61 Å². The van der Waals surface area contributed by atoms with Gasteiger partial charge >= 0.3 is 23.7 Å². The molecule has 3 unspecified atom stereocenters. The number of H-pyrrole nitrogens is 1. The van der Waals surface area contributed by atoms with Gasteiger partial charge < -0.3 is 29.6 Å². The summed E-state index contributed by atoms with van der Waals surface area (Å²) in [7, 11) is 0. The van der Waals surface area contributed by atoms with Crippen LogP contribution in [0.2, 0.25) is 0 Å². The van der Waals surface area contributed by atoms with Gasteiger partial charge in [-0.3, -0.25) is 23.9 Å². The third-order valence-electron chi connectivity index (χ3n) is 6.63. The number of aromatic amines is 1. The van der Waals surface area contributed by atoms with Crippen LogP contribution in [0.1, 0.15) is 92.9 Å². The van der Waals surface area contributed by atoms with Crippen molar-refractivity contribution in [1.29, 1.82) is 0 Å². The molecule has 3 N–H and O–H groups in total. The smallest absolute Gasteiger partial charge is 0.408 e. The van der Waals surface area contributed by atoms with Crippen molar-refractivity contribution in [3.63, 3.8) is 0 Å². The molecule has 0 bridgehead atoms. The fraction of sp³-hybridized carbons (Fsp3) is 0.733. The number of hydrogen-bond donors (Lipinski definition) is 3. The molecule has 0 spiro atoms. The summed E-state index contributed by atoms with van der Waals surface area (Å²) in [6, 6.07) is -3.09. The molecule has 2 heterocycles. The van der Waals surface area contributed by atoms with Crippen LogP contribution in [0.4, 0.5) is 4.79 Å². The lowest BCUT2D eigenvalue weighted by Crippen LogP contribution is -2.53. The van der Waals surface area contributed by atoms with Crippen LogP contribution in [0.25, 0.3) is 10.4 Å². The van der Waals surface area contributed by atoms with E-state index in [-0.39, 0.29) is 43.8 Å². The lowest BCUT2D eigenvalue weighted by Gasteiger charge is -2.27. The number of azide groups is 1. The Bertz CT molecular complexity index is 1450. The lowest BCUT2D eigenvalue weighted by atomic mass is 10.0. The van der Waals surface area contributed by atoms with Crippen molar-refractivity contribution in [2.24, 2.45) is 11.0 Å². The number of hydrogen-bond acceptors (Lipinski definition) is 11. The Labute approximate surface area is 272 Å². The van der Waals surface area contributed by atoms with Gasteiger partial charge in [0.25, 0.3) is 5.56 Å². The Morgan fingerprint density at radius 2 is 1.72 bits per heavy atom. The highest BCUT2D eigenvalue weighted by atomic mass is 16.6. The monoisotopic (exact) mass is 665 g/mol. The highest BCUT2D eigenvalue weighted by Gasteiger charge is 2.37. The minimum atomic E-state index is -1.26. The van der Waals surface area contributed by atoms with E-state index in [4.69, 9.17) is 24.5 Å². The zero-order valence-electron chi connectivity index (χ0n) is 28.4. The molecule has 1 fully saturated rings. The Morgan fingerprint density at radius 1 is 1.09 bits per heavy atom. The first-order chi connectivity index (χ1) is 21.7. The molecule has 17 nitrogen and oxygen atoms in total. The van der Waals surface area contributed by atoms with Crippen LogP contribution < -0.4 is 21.9 Å². The van der Waals surface area contributed by atoms with Gasteiger partial charge in [0.2, 0.25) is 5.91 Å². The second-order valence-corrected chi connectivity index (χ2v) is 13.8. The number of amides is 2. The number of rotatable bonds is 13. The average Bonchev–Trinajstić information content (AvgIpc) is 3.31. The first-order valence-corrected chi connectivity index (χ1v) is 15.4. The maximum Gasteiger partial charge on any atom is 0.408 e. The van der Waals surface area contributed by atoms with Gasteiger partial charge in [0.1, 0.15) is 42.2 Å². The molecule has 17 heteroatoms. The van der Waals surface area contributed by atoms with Crippen molar-refractivity contribution in [2.45, 2.75) is 130 Å². The molecule has 0 saturated carbocycles. The maximum atomic E-state index is 13.3. The van der Waals surface area contributed by atoms with E-state index < -0.39 is 76.8 Å². The first-order valence-electron chi connectivity index (χ1n) is 15.4. The van der Waals surface area contributed by atoms with Gasteiger partial charge in [-0.25, -0.2) is 14.4 Å². The van der Waals surface area contributed by atoms with Crippen LogP contribution in [0.5, 0.6) is 0 Å². The molecular weight excluding hydrogens is 618 g/mol. The normalized spacial score (nSPS) is 19.2. The number of esters is 2. The molecule has 0 radical (unpaired) electrons. The summed E-state index contributed by atoms with van der Waals surface area (Å²) in [6.07, 6.45) is -1.46. The van der Waals surface area contributed by atoms with Gasteiger partial charge in [-0.05, 0) is 72.8 Å². The molecule has 47 heavy (non-hydrogen) atoms. The minimum absolute atomic E-state index is 0.00549. The fourth-order valence-corrected chi connectivity index (χ4v) is 4.58. The topological polar surface area (TPSA) is 233 Å². The van der Waals surface area contributed by atoms with Crippen molar-refractivity contribution in [3.8, 4) is 0 Å². The summed E-state index contributed by atoms with van der Waals surface area (Å²) in [5.74, 6) is -2.20. The molecule has 1 aromatic rings. The standard InChI is InChI=1S/C30H47N7O10/c1-16(2)12-20(33-28(43)47-30(7,8)9)25(40)32-18(26(41)46-29(4,5)6)10-11-23(38)44-15-21-19(35-36-31)13-22(45-21)37-14-17(3)24(39)34-27(37)42/h14,16,18-22H,10-13,15H2,1-9H3,(H,32,40)(H,33,43)(H,34,39,42)/t18?,19-,20?,21?,22-/m1/s1. The molecule has 1 aliphatic heterocycles. The summed E-state index contributed by atoms with van der Waals surface area (Å²) in [5, 5.41) is 8.85. The molecule has 1 aliphatic rings. The second-order valence-electron chi connectivity index (χ2n) is 13.8. The van der Waals surface area contributed by atoms with Crippen molar-refractivity contribution >= 4 is 23.9 Å². The predicted octanol–water partition coefficient (Wildman–Crippen LogP) is 2.90. The third kappa shape index (κ3) is 13.1. The Kier molecular flexibility index (Phi) is 13.6. The molecule has 0 aliphatic carbocycles. The highest BCUT2D eigenvalue weighted by Crippen LogP contribution is 2.30. The largest absolute Gasteiger partial charge is 0.463 e. The van der Waals surface area contributed by atoms with E-state index in [0.717, 1.165) is 4.57 Å². The zero-order chi connectivity index (χ0) is 35.7. The maximum absolute atomic E-state index is 13.3. The molecule has 262 valence electrons. The molecule has 5 atom stereocenters. The summed E-state index contributed by atoms with van der Waals surface area (Å²) in [6.45, 7) is 14.9. The molecule has 1 saturated heterocycles. The van der Waals surface area contributed by atoms with Gasteiger partial charge in [0.15, 0.2) is 0 Å². The van der Waals surface area contributed by atoms with E-state index in [0.29, 0.717) is 0 Å². The van der Waals surface area contributed by atoms with Gasteiger partial charge in [-0.15, -0.1) is 0 Å². The van der Waals surface area contributed by atoms with E-state index in [2.05, 4.69) is 25.6 Å². The van der Waals surface area contributed by atoms with Crippen LogP contribution in [-0.2, 0) is 33.3 Å². The molecular formula is C30H47N7O10. The molecule has 2 amide bonds. The number of nitrogens with one attached hydrogen (secondary N) is 3. The lowest BCUT2D eigenvalue weighted by molar-refractivity contribution is -0.159. The predicted molar refractivity (Wildman–Crippen MR) is 168 cm³/mol. The van der Waals surface area contributed by atoms with Gasteiger partial charge in [-0.1, -0.05) is 19.0 Å². The molecule has 0 aromatic carbocycles. The van der Waals surface area contributed by atoms with E-state index in [9.17, 15) is 28.8 Å². The number of carbonyl (C=O) groups is 4. The number of nitrogens with zero attached hydrogens (tertiary/aromatic N) is 4. The van der Waals surface area contributed by atoms with E-state index in [1.54, 1.807) is 41.5 Å². The SMILES string of the molecule is Cc1cn([C@H]2C[C@@H](N=[N+]=[N-])C(COC(=O)CCC(NC(=O)C(CC(C)C)NC(=O)OC(C)(C)C)C(=O)OC(C)(C)C)O2)c(=O)[nH]c1=O. The van der Waals surface area contributed by atoms with Gasteiger partial charge in [0, 0.05) is 29.5 Å². The Balaban J connectivity index is 2.11. The molecule has 2 rings (SSSR count). The van der Waals surface area contributed by atoms with E-state index in [1.165, 1.54) is 13.1 Å². The zero-order valence-corrected chi connectivity index (χ0v) is 28.4. The van der Waals surface area contributed by atoms with Crippen molar-refractivity contribution in [3.05, 3.63) is 43.0 Å². The van der Waals surface area contributed by atoms with Crippen LogP contribution >= 0.6 is 0 Å². The van der Waals surface area contributed by atoms with Crippen molar-refractivity contribution in [1.82, 2.24) is 20.2 Å². The van der Waals surface area contributed by atoms with Gasteiger partial charge in [0.05, 0.1) is 6.04 Å². The quantitative estimate of drug-likeness (QED) is 0.0916. The number of alkyl carbamates (subject to hydrolysis) is 1. The summed E-state index contributed by atoms with van der Waals surface area (Å²) in [4.78, 5) is 80.7. The average molecular weight is 666 g/mol. The minimum Gasteiger partial charge on any atom is -0.463 e. The molecule has 1 aromatic heterocycles. The van der Waals surface area contributed by atoms with Crippen LogP contribution in [-0.4, -0.2) is 75.5 Å². The van der Waals surface area contributed by atoms with E-state index >= 15 is 0 Å². The van der Waals surface area contributed by atoms with Crippen molar-refractivity contribution < 1.29 is 38.1 Å². The fourth-order valence-electron chi connectivity index (χ4n) is 4.58. The highest BCUT2D eigenvalue weighted by molar-refractivity contribution is 5.90.